The van der Waals surface area contributed by atoms with E-state index < -0.39 is 0 Å². The Balaban J connectivity index is 0.00000210. The molecule has 0 aromatic heterocycles. The molecule has 4 rings (SSSR count). The zero-order valence-electron chi connectivity index (χ0n) is 15.8. The fraction of sp³-hybridized carbons (Fsp3) is 0.391. The molecule has 4 heteroatoms. The summed E-state index contributed by atoms with van der Waals surface area (Å²) < 4.78 is 1.20. The van der Waals surface area contributed by atoms with Crippen LogP contribution in [0.15, 0.2) is 54.6 Å². The first-order chi connectivity index (χ1) is 12.4. The van der Waals surface area contributed by atoms with Gasteiger partial charge in [0.1, 0.15) is 0 Å². The maximum absolute atomic E-state index is 6.29. The van der Waals surface area contributed by atoms with Gasteiger partial charge < -0.3 is 28.5 Å². The number of quaternary nitrogens is 1. The molecule has 0 spiro atoms. The highest BCUT2D eigenvalue weighted by Gasteiger charge is 2.48. The number of rotatable bonds is 3. The lowest BCUT2D eigenvalue weighted by Gasteiger charge is -2.44. The third kappa shape index (κ3) is 4.39. The lowest BCUT2D eigenvalue weighted by Crippen LogP contribution is -3.00. The van der Waals surface area contributed by atoms with E-state index in [9.17, 15) is 0 Å². The maximum Gasteiger partial charge on any atom is 0.0896 e. The van der Waals surface area contributed by atoms with Gasteiger partial charge in [-0.3, -0.25) is 0 Å². The van der Waals surface area contributed by atoms with Gasteiger partial charge in [0.25, 0.3) is 0 Å². The molecule has 2 heterocycles. The first-order valence-corrected chi connectivity index (χ1v) is 10.3. The van der Waals surface area contributed by atoms with Crippen LogP contribution in [0.4, 0.5) is 0 Å². The number of benzene rings is 2. The minimum Gasteiger partial charge on any atom is -1.00 e. The standard InChI is InChI=1S/C23H26Cl2N.HI/c1-26(2)21-9-10-22(26)12-16(11-21)13-23(17-5-3-7-19(24)14-17)18-6-4-8-20(25)15-18;/h3-8,13-16,21-22H,9-12H2,1-2H3;1H/q+1;/p-1. The van der Waals surface area contributed by atoms with Gasteiger partial charge in [-0.15, -0.1) is 0 Å². The van der Waals surface area contributed by atoms with Gasteiger partial charge in [-0.2, -0.15) is 0 Å². The average molecular weight is 514 g/mol. The zero-order chi connectivity index (χ0) is 18.3. The quantitative estimate of drug-likeness (QED) is 0.435. The molecule has 144 valence electrons. The van der Waals surface area contributed by atoms with Crippen molar-refractivity contribution in [2.45, 2.75) is 37.8 Å². The largest absolute Gasteiger partial charge is 1.00 e. The van der Waals surface area contributed by atoms with Crippen molar-refractivity contribution in [1.82, 2.24) is 0 Å². The van der Waals surface area contributed by atoms with Gasteiger partial charge in [-0.1, -0.05) is 53.5 Å². The van der Waals surface area contributed by atoms with E-state index >= 15 is 0 Å². The fourth-order valence-corrected chi connectivity index (χ4v) is 5.35. The minimum atomic E-state index is 0. The second-order valence-corrected chi connectivity index (χ2v) is 9.22. The van der Waals surface area contributed by atoms with Gasteiger partial charge in [0.15, 0.2) is 0 Å². The van der Waals surface area contributed by atoms with E-state index in [2.05, 4.69) is 44.4 Å². The van der Waals surface area contributed by atoms with Crippen molar-refractivity contribution >= 4 is 28.8 Å². The number of hydrogen-bond donors (Lipinski definition) is 0. The maximum atomic E-state index is 6.29. The number of halogens is 3. The van der Waals surface area contributed by atoms with E-state index in [4.69, 9.17) is 23.2 Å². The van der Waals surface area contributed by atoms with Crippen molar-refractivity contribution in [1.29, 1.82) is 0 Å². The summed E-state index contributed by atoms with van der Waals surface area (Å²) in [7, 11) is 4.83. The lowest BCUT2D eigenvalue weighted by atomic mass is 9.85. The molecule has 2 unspecified atom stereocenters. The predicted octanol–water partition coefficient (Wildman–Crippen LogP) is 3.45. The van der Waals surface area contributed by atoms with Crippen molar-refractivity contribution < 1.29 is 28.5 Å². The second kappa shape index (κ2) is 8.44. The highest BCUT2D eigenvalue weighted by molar-refractivity contribution is 6.31. The molecular weight excluding hydrogens is 488 g/mol. The van der Waals surface area contributed by atoms with Crippen molar-refractivity contribution in [2.24, 2.45) is 5.92 Å². The van der Waals surface area contributed by atoms with Crippen LogP contribution < -0.4 is 24.0 Å². The molecular formula is C23H26Cl2IN. The number of fused-ring (bicyclic) bond motifs is 2. The summed E-state index contributed by atoms with van der Waals surface area (Å²) in [5.74, 6) is 0.617. The average Bonchev–Trinajstić information content (AvgIpc) is 2.77. The molecule has 2 fully saturated rings. The number of piperidine rings is 1. The summed E-state index contributed by atoms with van der Waals surface area (Å²) in [5, 5.41) is 1.55. The van der Waals surface area contributed by atoms with Crippen molar-refractivity contribution in [2.75, 3.05) is 14.1 Å². The summed E-state index contributed by atoms with van der Waals surface area (Å²) >= 11 is 12.6. The third-order valence-electron chi connectivity index (χ3n) is 6.54. The molecule has 2 aromatic carbocycles. The first-order valence-electron chi connectivity index (χ1n) is 9.50. The van der Waals surface area contributed by atoms with Crippen molar-refractivity contribution in [3.63, 3.8) is 0 Å². The highest BCUT2D eigenvalue weighted by atomic mass is 127. The van der Waals surface area contributed by atoms with Crippen molar-refractivity contribution in [3.8, 4) is 0 Å². The molecule has 27 heavy (non-hydrogen) atoms. The number of hydrogen-bond acceptors (Lipinski definition) is 0. The molecule has 2 bridgehead atoms. The molecule has 0 N–H and O–H groups in total. The Hall–Kier alpha value is -0.550. The van der Waals surface area contributed by atoms with Crippen LogP contribution in [0.5, 0.6) is 0 Å². The van der Waals surface area contributed by atoms with E-state index in [0.717, 1.165) is 22.1 Å². The topological polar surface area (TPSA) is 0 Å². The molecule has 0 saturated carbocycles. The van der Waals surface area contributed by atoms with Gasteiger partial charge in [-0.25, -0.2) is 0 Å². The summed E-state index contributed by atoms with van der Waals surface area (Å²) in [5.41, 5.74) is 3.60. The lowest BCUT2D eigenvalue weighted by molar-refractivity contribution is -0.931. The van der Waals surface area contributed by atoms with Crippen molar-refractivity contribution in [3.05, 3.63) is 75.8 Å². The van der Waals surface area contributed by atoms with E-state index in [1.807, 2.05) is 24.3 Å². The van der Waals surface area contributed by atoms with Crippen LogP contribution in [0, 0.1) is 5.92 Å². The molecule has 2 aliphatic heterocycles. The minimum absolute atomic E-state index is 0. The van der Waals surface area contributed by atoms with Crippen LogP contribution in [0.3, 0.4) is 0 Å². The summed E-state index contributed by atoms with van der Waals surface area (Å²) in [6.45, 7) is 0. The van der Waals surface area contributed by atoms with Crippen LogP contribution in [-0.2, 0) is 0 Å². The van der Waals surface area contributed by atoms with Crippen LogP contribution in [0.1, 0.15) is 36.8 Å². The van der Waals surface area contributed by atoms with Crippen LogP contribution in [0.2, 0.25) is 10.0 Å². The van der Waals surface area contributed by atoms with Gasteiger partial charge in [0.05, 0.1) is 26.2 Å². The van der Waals surface area contributed by atoms with Crippen LogP contribution in [0.25, 0.3) is 5.57 Å². The highest BCUT2D eigenvalue weighted by Crippen LogP contribution is 2.43. The zero-order valence-corrected chi connectivity index (χ0v) is 19.5. The first kappa shape index (κ1) is 21.2. The number of nitrogens with zero attached hydrogens (tertiary/aromatic N) is 1. The van der Waals surface area contributed by atoms with E-state index in [1.54, 1.807) is 0 Å². The monoisotopic (exact) mass is 513 g/mol. The van der Waals surface area contributed by atoms with Crippen LogP contribution >= 0.6 is 23.2 Å². The molecule has 0 radical (unpaired) electrons. The van der Waals surface area contributed by atoms with E-state index in [1.165, 1.54) is 46.9 Å². The van der Waals surface area contributed by atoms with E-state index in [0.29, 0.717) is 5.92 Å². The number of allylic oxidation sites excluding steroid dienone is 1. The summed E-state index contributed by atoms with van der Waals surface area (Å²) in [6.07, 6.45) is 7.77. The Morgan fingerprint density at radius 1 is 0.889 bits per heavy atom. The second-order valence-electron chi connectivity index (χ2n) is 8.35. The third-order valence-corrected chi connectivity index (χ3v) is 7.01. The smallest absolute Gasteiger partial charge is 0.0896 e. The Morgan fingerprint density at radius 2 is 1.37 bits per heavy atom. The SMILES string of the molecule is C[N+]1(C)C2CCC1CC(C=C(c1cccc(Cl)c1)c1cccc(Cl)c1)C2.[I-]. The fourth-order valence-electron chi connectivity index (χ4n) is 4.97. The van der Waals surface area contributed by atoms with Crippen LogP contribution in [-0.4, -0.2) is 30.7 Å². The van der Waals surface area contributed by atoms with Gasteiger partial charge in [0.2, 0.25) is 0 Å². The Morgan fingerprint density at radius 3 is 1.81 bits per heavy atom. The molecule has 0 aliphatic carbocycles. The molecule has 2 aliphatic rings. The van der Waals surface area contributed by atoms with Gasteiger partial charge in [-0.05, 0) is 46.9 Å². The van der Waals surface area contributed by atoms with Gasteiger partial charge in [0, 0.05) is 35.7 Å². The Kier molecular flexibility index (Phi) is 6.62. The summed E-state index contributed by atoms with van der Waals surface area (Å²) in [4.78, 5) is 0. The normalized spacial score (nSPS) is 25.6. The Bertz CT molecular complexity index is 782. The van der Waals surface area contributed by atoms with Gasteiger partial charge >= 0.3 is 0 Å². The predicted molar refractivity (Wildman–Crippen MR) is 112 cm³/mol. The molecule has 1 nitrogen and oxygen atoms in total. The molecule has 0 amide bonds. The molecule has 2 aromatic rings. The Labute approximate surface area is 190 Å². The molecule has 2 saturated heterocycles. The molecule has 2 atom stereocenters. The summed E-state index contributed by atoms with van der Waals surface area (Å²) in [6, 6.07) is 17.9. The van der Waals surface area contributed by atoms with E-state index in [-0.39, 0.29) is 24.0 Å².